The van der Waals surface area contributed by atoms with Crippen molar-refractivity contribution < 1.29 is 14.4 Å². The first-order valence-electron chi connectivity index (χ1n) is 9.00. The van der Waals surface area contributed by atoms with Gasteiger partial charge in [-0.1, -0.05) is 30.0 Å². The largest absolute Gasteiger partial charge is 0.334 e. The summed E-state index contributed by atoms with van der Waals surface area (Å²) in [6.45, 7) is 0. The third-order valence-corrected chi connectivity index (χ3v) is 5.79. The predicted molar refractivity (Wildman–Crippen MR) is 112 cm³/mol. The van der Waals surface area contributed by atoms with Gasteiger partial charge in [-0.25, -0.2) is 9.78 Å². The van der Waals surface area contributed by atoms with Crippen molar-refractivity contribution in [3.05, 3.63) is 47.7 Å². The summed E-state index contributed by atoms with van der Waals surface area (Å²) in [4.78, 5) is 39.5. The zero-order chi connectivity index (χ0) is 20.9. The third kappa shape index (κ3) is 4.83. The molecule has 3 heterocycles. The number of thioether (sulfide) groups is 1. The number of nitrogens with one attached hydrogen (secondary N) is 3. The molecular formula is C18H17N7O3S2. The number of carbonyl (C=O) groups excluding carboxylic acids is 3. The van der Waals surface area contributed by atoms with Gasteiger partial charge in [-0.15, -0.1) is 21.5 Å². The van der Waals surface area contributed by atoms with Gasteiger partial charge < -0.3 is 10.6 Å². The van der Waals surface area contributed by atoms with E-state index in [2.05, 4.69) is 31.1 Å². The van der Waals surface area contributed by atoms with Crippen molar-refractivity contribution in [2.75, 3.05) is 11.1 Å². The molecule has 3 aromatic rings. The Morgan fingerprint density at radius 2 is 2.10 bits per heavy atom. The van der Waals surface area contributed by atoms with Gasteiger partial charge in [0.1, 0.15) is 5.82 Å². The third-order valence-electron chi connectivity index (χ3n) is 4.17. The van der Waals surface area contributed by atoms with E-state index in [1.165, 1.54) is 23.1 Å². The van der Waals surface area contributed by atoms with Gasteiger partial charge in [-0.05, 0) is 12.1 Å². The molecule has 1 aliphatic rings. The van der Waals surface area contributed by atoms with Crippen LogP contribution in [0.2, 0.25) is 0 Å². The number of urea groups is 1. The van der Waals surface area contributed by atoms with Crippen LogP contribution in [0, 0.1) is 0 Å². The van der Waals surface area contributed by atoms with Gasteiger partial charge >= 0.3 is 6.03 Å². The highest BCUT2D eigenvalue weighted by atomic mass is 32.2. The van der Waals surface area contributed by atoms with E-state index in [4.69, 9.17) is 0 Å². The summed E-state index contributed by atoms with van der Waals surface area (Å²) in [7, 11) is 0. The molecule has 1 aromatic carbocycles. The highest BCUT2D eigenvalue weighted by molar-refractivity contribution is 7.99. The van der Waals surface area contributed by atoms with Crippen molar-refractivity contribution in [2.24, 2.45) is 0 Å². The van der Waals surface area contributed by atoms with Crippen LogP contribution in [0.5, 0.6) is 0 Å². The fraction of sp³-hybridized carbons (Fsp3) is 0.222. The van der Waals surface area contributed by atoms with E-state index in [1.54, 1.807) is 11.6 Å². The van der Waals surface area contributed by atoms with Gasteiger partial charge in [0, 0.05) is 36.1 Å². The molecule has 12 heteroatoms. The molecule has 0 bridgehead atoms. The van der Waals surface area contributed by atoms with E-state index in [0.717, 1.165) is 5.69 Å². The summed E-state index contributed by atoms with van der Waals surface area (Å²) in [5.41, 5.74) is 0.826. The zero-order valence-corrected chi connectivity index (χ0v) is 17.2. The van der Waals surface area contributed by atoms with Crippen molar-refractivity contribution in [2.45, 2.75) is 24.0 Å². The van der Waals surface area contributed by atoms with Gasteiger partial charge in [0.05, 0.1) is 5.75 Å². The molecule has 0 aliphatic carbocycles. The highest BCUT2D eigenvalue weighted by Gasteiger charge is 2.27. The Bertz CT molecular complexity index is 1040. The maximum atomic E-state index is 12.2. The van der Waals surface area contributed by atoms with Crippen molar-refractivity contribution in [3.8, 4) is 5.69 Å². The van der Waals surface area contributed by atoms with Gasteiger partial charge in [0.25, 0.3) is 0 Å². The van der Waals surface area contributed by atoms with Crippen molar-refractivity contribution in [3.63, 3.8) is 0 Å². The van der Waals surface area contributed by atoms with E-state index in [9.17, 15) is 14.4 Å². The highest BCUT2D eigenvalue weighted by Crippen LogP contribution is 2.23. The van der Waals surface area contributed by atoms with Gasteiger partial charge in [0.15, 0.2) is 10.3 Å². The lowest BCUT2D eigenvalue weighted by Gasteiger charge is -2.23. The Labute approximate surface area is 179 Å². The van der Waals surface area contributed by atoms with Gasteiger partial charge in [-0.2, -0.15) is 0 Å². The van der Waals surface area contributed by atoms with Crippen LogP contribution in [0.25, 0.3) is 5.69 Å². The molecule has 0 spiro atoms. The Kier molecular flexibility index (Phi) is 6.05. The topological polar surface area (TPSA) is 131 Å². The molecule has 1 saturated heterocycles. The number of thiazole rings is 1. The molecule has 1 fully saturated rings. The van der Waals surface area contributed by atoms with Crippen LogP contribution in [0.15, 0.2) is 47.1 Å². The average Bonchev–Trinajstić information content (AvgIpc) is 3.36. The van der Waals surface area contributed by atoms with Gasteiger partial charge in [-0.3, -0.25) is 19.5 Å². The first-order chi connectivity index (χ1) is 14.6. The Balaban J connectivity index is 1.52. The summed E-state index contributed by atoms with van der Waals surface area (Å²) in [5, 5.41) is 19.0. The number of nitrogens with zero attached hydrogens (tertiary/aromatic N) is 4. The van der Waals surface area contributed by atoms with E-state index in [-0.39, 0.29) is 30.0 Å². The SMILES string of the molecule is O=C1CC(Cc2nnc(SCC(=O)Nc3nccs3)n2-c2ccccc2)NC(=O)N1. The number of amides is 4. The maximum absolute atomic E-state index is 12.2. The standard InChI is InChI=1S/C18H17N7O3S2/c26-14-9-11(20-16(28)21-14)8-13-23-24-18(25(13)12-4-2-1-3-5-12)30-10-15(27)22-17-19-6-7-29-17/h1-7,11H,8-10H2,(H,19,22,27)(H2,20,21,26,28). The molecule has 0 radical (unpaired) electrons. The monoisotopic (exact) mass is 443 g/mol. The number of aromatic nitrogens is 4. The van der Waals surface area contributed by atoms with Crippen LogP contribution >= 0.6 is 23.1 Å². The number of anilines is 1. The number of rotatable bonds is 7. The molecule has 1 atom stereocenters. The quantitative estimate of drug-likeness (QED) is 0.473. The van der Waals surface area contributed by atoms with Crippen LogP contribution in [0.1, 0.15) is 12.2 Å². The number of benzene rings is 1. The normalized spacial score (nSPS) is 16.1. The zero-order valence-electron chi connectivity index (χ0n) is 15.6. The molecular weight excluding hydrogens is 426 g/mol. The number of hydrogen-bond donors (Lipinski definition) is 3. The first kappa shape index (κ1) is 20.0. The number of carbonyl (C=O) groups is 3. The van der Waals surface area contributed by atoms with Crippen molar-refractivity contribution in [1.82, 2.24) is 30.4 Å². The minimum absolute atomic E-state index is 0.132. The molecule has 0 saturated carbocycles. The summed E-state index contributed by atoms with van der Waals surface area (Å²) in [6.07, 6.45) is 2.11. The van der Waals surface area contributed by atoms with E-state index >= 15 is 0 Å². The Morgan fingerprint density at radius 3 is 2.83 bits per heavy atom. The fourth-order valence-corrected chi connectivity index (χ4v) is 4.27. The van der Waals surface area contributed by atoms with Crippen LogP contribution in [0.3, 0.4) is 0 Å². The average molecular weight is 444 g/mol. The van der Waals surface area contributed by atoms with E-state index < -0.39 is 6.03 Å². The molecule has 1 unspecified atom stereocenters. The molecule has 154 valence electrons. The molecule has 3 N–H and O–H groups in total. The lowest BCUT2D eigenvalue weighted by Crippen LogP contribution is -2.53. The number of hydrogen-bond acceptors (Lipinski definition) is 8. The number of para-hydroxylation sites is 1. The lowest BCUT2D eigenvalue weighted by atomic mass is 10.1. The minimum atomic E-state index is -0.518. The fourth-order valence-electron chi connectivity index (χ4n) is 2.95. The van der Waals surface area contributed by atoms with E-state index in [0.29, 0.717) is 22.5 Å². The van der Waals surface area contributed by atoms with Gasteiger partial charge in [0.2, 0.25) is 11.8 Å². The maximum Gasteiger partial charge on any atom is 0.321 e. The summed E-state index contributed by atoms with van der Waals surface area (Å²) < 4.78 is 1.83. The second kappa shape index (κ2) is 9.05. The second-order valence-corrected chi connectivity index (χ2v) is 8.21. The minimum Gasteiger partial charge on any atom is -0.334 e. The molecule has 30 heavy (non-hydrogen) atoms. The summed E-state index contributed by atoms with van der Waals surface area (Å²) in [6, 6.07) is 8.57. The van der Waals surface area contributed by atoms with Crippen LogP contribution in [-0.2, 0) is 16.0 Å². The Morgan fingerprint density at radius 1 is 1.27 bits per heavy atom. The Hall–Kier alpha value is -3.25. The van der Waals surface area contributed by atoms with Crippen LogP contribution in [0.4, 0.5) is 9.93 Å². The van der Waals surface area contributed by atoms with Crippen LogP contribution < -0.4 is 16.0 Å². The lowest BCUT2D eigenvalue weighted by molar-refractivity contribution is -0.121. The van der Waals surface area contributed by atoms with Crippen molar-refractivity contribution >= 4 is 46.1 Å². The number of imide groups is 1. The molecule has 4 amide bonds. The molecule has 1 aliphatic heterocycles. The summed E-state index contributed by atoms with van der Waals surface area (Å²) >= 11 is 2.59. The van der Waals surface area contributed by atoms with E-state index in [1.807, 2.05) is 34.9 Å². The first-order valence-corrected chi connectivity index (χ1v) is 10.9. The predicted octanol–water partition coefficient (Wildman–Crippen LogP) is 1.60. The van der Waals surface area contributed by atoms with Crippen LogP contribution in [-0.4, -0.2) is 49.4 Å². The molecule has 10 nitrogen and oxygen atoms in total. The second-order valence-electron chi connectivity index (χ2n) is 6.37. The molecule has 4 rings (SSSR count). The summed E-state index contributed by atoms with van der Waals surface area (Å²) in [5.74, 6) is 0.190. The smallest absolute Gasteiger partial charge is 0.321 e. The molecule has 2 aromatic heterocycles. The van der Waals surface area contributed by atoms with Crippen molar-refractivity contribution in [1.29, 1.82) is 0 Å².